The van der Waals surface area contributed by atoms with Crippen molar-refractivity contribution in [1.29, 1.82) is 0 Å². The maximum atomic E-state index is 5.78. The molecule has 1 aliphatic rings. The minimum atomic E-state index is 0.580. The van der Waals surface area contributed by atoms with Gasteiger partial charge in [-0.2, -0.15) is 0 Å². The molecule has 0 fully saturated rings. The number of hydrogen-bond acceptors (Lipinski definition) is 4. The van der Waals surface area contributed by atoms with E-state index in [2.05, 4.69) is 29.9 Å². The second-order valence-corrected chi connectivity index (χ2v) is 6.49. The summed E-state index contributed by atoms with van der Waals surface area (Å²) in [6.07, 6.45) is 3.74. The Labute approximate surface area is 159 Å². The number of hydrogen-bond donors (Lipinski definition) is 0. The topological polar surface area (TPSA) is 44.5 Å². The molecule has 0 radical (unpaired) electrons. The summed E-state index contributed by atoms with van der Waals surface area (Å²) in [6, 6.07) is 12.3. The van der Waals surface area contributed by atoms with Crippen molar-refractivity contribution in [2.45, 2.75) is 26.7 Å². The maximum Gasteiger partial charge on any atom is 0.170 e. The van der Waals surface area contributed by atoms with E-state index >= 15 is 0 Å². The average molecular weight is 361 g/mol. The smallest absolute Gasteiger partial charge is 0.170 e. The minimum Gasteiger partial charge on any atom is -0.490 e. The molecule has 0 atom stereocenters. The van der Waals surface area contributed by atoms with E-state index in [1.54, 1.807) is 0 Å². The van der Waals surface area contributed by atoms with E-state index in [1.807, 2.05) is 38.1 Å². The first kappa shape index (κ1) is 17.4. The van der Waals surface area contributed by atoms with Crippen LogP contribution < -0.4 is 9.47 Å². The Bertz CT molecular complexity index is 987. The predicted molar refractivity (Wildman–Crippen MR) is 107 cm³/mol. The quantitative estimate of drug-likeness (QED) is 0.577. The molecule has 0 bridgehead atoms. The average Bonchev–Trinajstić information content (AvgIpc) is 3.13. The highest BCUT2D eigenvalue weighted by Crippen LogP contribution is 2.41. The van der Waals surface area contributed by atoms with Crippen LogP contribution in [0.5, 0.6) is 11.5 Å². The summed E-state index contributed by atoms with van der Waals surface area (Å²) >= 11 is 0. The van der Waals surface area contributed by atoms with Crippen LogP contribution in [0.15, 0.2) is 47.5 Å². The molecule has 0 N–H and O–H groups in total. The lowest BCUT2D eigenvalue weighted by atomic mass is 9.87. The van der Waals surface area contributed by atoms with Gasteiger partial charge in [-0.25, -0.2) is 0 Å². The third kappa shape index (κ3) is 3.12. The van der Waals surface area contributed by atoms with E-state index in [0.717, 1.165) is 58.0 Å². The summed E-state index contributed by atoms with van der Waals surface area (Å²) in [4.78, 5) is 0. The molecule has 0 unspecified atom stereocenters. The normalized spacial score (nSPS) is 12.2. The summed E-state index contributed by atoms with van der Waals surface area (Å²) in [7, 11) is 0. The van der Waals surface area contributed by atoms with Gasteiger partial charge in [-0.15, -0.1) is 0 Å². The number of rotatable bonds is 6. The van der Waals surface area contributed by atoms with Gasteiger partial charge in [0.2, 0.25) is 0 Å². The Morgan fingerprint density at radius 3 is 2.63 bits per heavy atom. The Kier molecular flexibility index (Phi) is 4.71. The van der Waals surface area contributed by atoms with Gasteiger partial charge in [0, 0.05) is 16.7 Å². The molecule has 1 aromatic heterocycles. The standard InChI is InChI=1S/C23H23NO3/c1-4-15-7-10-18-16(13-15)8-11-19-22(18)24-27-23(19)17-9-12-20(25-5-2)21(14-17)26-6-3/h4,7,9-10,12-14H,1,5-6,8,11H2,2-3H3. The largest absolute Gasteiger partial charge is 0.490 e. The van der Waals surface area contributed by atoms with E-state index in [0.29, 0.717) is 13.2 Å². The van der Waals surface area contributed by atoms with Crippen LogP contribution in [-0.2, 0) is 12.8 Å². The number of ether oxygens (including phenoxy) is 2. The van der Waals surface area contributed by atoms with Crippen LogP contribution in [0.4, 0.5) is 0 Å². The SMILES string of the molecule is C=Cc1ccc2c(c1)CCc1c-2noc1-c1ccc(OCC)c(OCC)c1. The van der Waals surface area contributed by atoms with E-state index < -0.39 is 0 Å². The second-order valence-electron chi connectivity index (χ2n) is 6.49. The Morgan fingerprint density at radius 1 is 1.04 bits per heavy atom. The lowest BCUT2D eigenvalue weighted by molar-refractivity contribution is 0.288. The molecule has 27 heavy (non-hydrogen) atoms. The van der Waals surface area contributed by atoms with Crippen molar-refractivity contribution >= 4 is 6.08 Å². The molecular formula is C23H23NO3. The molecule has 2 aromatic carbocycles. The molecule has 0 saturated carbocycles. The summed E-state index contributed by atoms with van der Waals surface area (Å²) in [5, 5.41) is 4.39. The first-order valence-corrected chi connectivity index (χ1v) is 9.39. The first-order valence-electron chi connectivity index (χ1n) is 9.39. The van der Waals surface area contributed by atoms with Gasteiger partial charge in [0.25, 0.3) is 0 Å². The van der Waals surface area contributed by atoms with Crippen molar-refractivity contribution in [1.82, 2.24) is 5.16 Å². The van der Waals surface area contributed by atoms with Gasteiger partial charge in [-0.3, -0.25) is 0 Å². The monoisotopic (exact) mass is 361 g/mol. The van der Waals surface area contributed by atoms with Crippen LogP contribution in [0.25, 0.3) is 28.7 Å². The van der Waals surface area contributed by atoms with Gasteiger partial charge in [0.05, 0.1) is 13.2 Å². The zero-order chi connectivity index (χ0) is 18.8. The van der Waals surface area contributed by atoms with Crippen LogP contribution in [0.2, 0.25) is 0 Å². The number of benzene rings is 2. The van der Waals surface area contributed by atoms with Gasteiger partial charge in [0.15, 0.2) is 17.3 Å². The molecule has 4 heteroatoms. The van der Waals surface area contributed by atoms with Gasteiger partial charge in [0.1, 0.15) is 5.69 Å². The van der Waals surface area contributed by atoms with Crippen LogP contribution in [-0.4, -0.2) is 18.4 Å². The Hall–Kier alpha value is -3.01. The molecule has 4 rings (SSSR count). The fourth-order valence-electron chi connectivity index (χ4n) is 3.61. The highest BCUT2D eigenvalue weighted by atomic mass is 16.5. The third-order valence-electron chi connectivity index (χ3n) is 4.86. The lowest BCUT2D eigenvalue weighted by Crippen LogP contribution is -2.04. The molecule has 4 nitrogen and oxygen atoms in total. The lowest BCUT2D eigenvalue weighted by Gasteiger charge is -2.16. The van der Waals surface area contributed by atoms with Crippen molar-refractivity contribution in [3.63, 3.8) is 0 Å². The molecule has 3 aromatic rings. The molecule has 0 spiro atoms. The van der Waals surface area contributed by atoms with Crippen LogP contribution >= 0.6 is 0 Å². The van der Waals surface area contributed by atoms with Crippen molar-refractivity contribution in [2.75, 3.05) is 13.2 Å². The fourth-order valence-corrected chi connectivity index (χ4v) is 3.61. The Balaban J connectivity index is 1.76. The molecule has 0 saturated heterocycles. The van der Waals surface area contributed by atoms with Crippen LogP contribution in [0.3, 0.4) is 0 Å². The van der Waals surface area contributed by atoms with Crippen molar-refractivity contribution in [3.05, 3.63) is 59.7 Å². The van der Waals surface area contributed by atoms with Crippen molar-refractivity contribution in [2.24, 2.45) is 0 Å². The zero-order valence-electron chi connectivity index (χ0n) is 15.7. The van der Waals surface area contributed by atoms with E-state index in [-0.39, 0.29) is 0 Å². The molecule has 0 amide bonds. The van der Waals surface area contributed by atoms with Crippen molar-refractivity contribution < 1.29 is 14.0 Å². The number of nitrogens with zero attached hydrogens (tertiary/aromatic N) is 1. The number of aromatic nitrogens is 1. The highest BCUT2D eigenvalue weighted by molar-refractivity contribution is 5.78. The number of fused-ring (bicyclic) bond motifs is 3. The first-order chi connectivity index (χ1) is 13.2. The van der Waals surface area contributed by atoms with Crippen molar-refractivity contribution in [3.8, 4) is 34.1 Å². The Morgan fingerprint density at radius 2 is 1.85 bits per heavy atom. The second kappa shape index (κ2) is 7.31. The number of aryl methyl sites for hydroxylation is 1. The fraction of sp³-hybridized carbons (Fsp3) is 0.261. The predicted octanol–water partition coefficient (Wildman–Crippen LogP) is 5.55. The summed E-state index contributed by atoms with van der Waals surface area (Å²) in [5.41, 5.74) is 6.62. The van der Waals surface area contributed by atoms with Gasteiger partial charge >= 0.3 is 0 Å². The molecule has 1 aliphatic carbocycles. The molecule has 138 valence electrons. The molecule has 0 aliphatic heterocycles. The summed E-state index contributed by atoms with van der Waals surface area (Å²) in [6.45, 7) is 8.96. The zero-order valence-corrected chi connectivity index (χ0v) is 15.7. The highest BCUT2D eigenvalue weighted by Gasteiger charge is 2.25. The van der Waals surface area contributed by atoms with Crippen LogP contribution in [0, 0.1) is 0 Å². The van der Waals surface area contributed by atoms with Gasteiger partial charge in [-0.1, -0.05) is 36.0 Å². The van der Waals surface area contributed by atoms with E-state index in [4.69, 9.17) is 14.0 Å². The van der Waals surface area contributed by atoms with E-state index in [1.165, 1.54) is 5.56 Å². The third-order valence-corrected chi connectivity index (χ3v) is 4.86. The van der Waals surface area contributed by atoms with Gasteiger partial charge < -0.3 is 14.0 Å². The van der Waals surface area contributed by atoms with Gasteiger partial charge in [-0.05, 0) is 56.0 Å². The van der Waals surface area contributed by atoms with E-state index in [9.17, 15) is 0 Å². The van der Waals surface area contributed by atoms with Crippen LogP contribution in [0.1, 0.15) is 30.5 Å². The molecular weight excluding hydrogens is 338 g/mol. The maximum absolute atomic E-state index is 5.78. The summed E-state index contributed by atoms with van der Waals surface area (Å²) < 4.78 is 17.2. The molecule has 1 heterocycles. The summed E-state index contributed by atoms with van der Waals surface area (Å²) in [5.74, 6) is 2.29. The minimum absolute atomic E-state index is 0.580.